The first-order chi connectivity index (χ1) is 7.72. The summed E-state index contributed by atoms with van der Waals surface area (Å²) in [6.45, 7) is 4.24. The number of allylic oxidation sites excluding steroid dienone is 4. The van der Waals surface area contributed by atoms with Gasteiger partial charge in [0.05, 0.1) is 0 Å². The van der Waals surface area contributed by atoms with E-state index in [9.17, 15) is 0 Å². The van der Waals surface area contributed by atoms with E-state index in [-0.39, 0.29) is 30.9 Å². The van der Waals surface area contributed by atoms with Crippen LogP contribution in [0.25, 0.3) is 5.57 Å². The molecule has 4 heteroatoms. The molecule has 0 radical (unpaired) electrons. The summed E-state index contributed by atoms with van der Waals surface area (Å²) in [6, 6.07) is 8.50. The van der Waals surface area contributed by atoms with E-state index >= 15 is 0 Å². The fourth-order valence-electron chi connectivity index (χ4n) is 2.06. The van der Waals surface area contributed by atoms with Gasteiger partial charge in [-0.2, -0.15) is 0 Å². The van der Waals surface area contributed by atoms with E-state index in [1.807, 2.05) is 0 Å². The average Bonchev–Trinajstić information content (AvgIpc) is 2.75. The van der Waals surface area contributed by atoms with Gasteiger partial charge in [0.25, 0.3) is 0 Å². The Kier molecular flexibility index (Phi) is 8.17. The van der Waals surface area contributed by atoms with E-state index in [4.69, 9.17) is 3.32 Å². The Morgan fingerprint density at radius 1 is 1.22 bits per heavy atom. The number of benzene rings is 1. The van der Waals surface area contributed by atoms with Gasteiger partial charge in [0.2, 0.25) is 0 Å². The third-order valence-electron chi connectivity index (χ3n) is 2.97. The zero-order chi connectivity index (χ0) is 11.5. The van der Waals surface area contributed by atoms with Crippen LogP contribution in [0.1, 0.15) is 37.5 Å². The molecule has 0 N–H and O–H groups in total. The van der Waals surface area contributed by atoms with Crippen LogP contribution in [0.2, 0.25) is 0 Å². The van der Waals surface area contributed by atoms with Crippen molar-refractivity contribution in [3.63, 3.8) is 0 Å². The number of hydrogen-bond donors (Lipinski definition) is 0. The molecule has 1 aromatic carbocycles. The number of hydrogen-bond acceptors (Lipinski definition) is 1. The minimum atomic E-state index is 0. The van der Waals surface area contributed by atoms with Gasteiger partial charge in [0.15, 0.2) is 0 Å². The summed E-state index contributed by atoms with van der Waals surface area (Å²) in [6.07, 6.45) is 5.72. The smallest absolute Gasteiger partial charge is 0.147 e. The third kappa shape index (κ3) is 3.98. The molecule has 0 aliphatic heterocycles. The zero-order valence-electron chi connectivity index (χ0n) is 10.5. The predicted molar refractivity (Wildman–Crippen MR) is 76.8 cm³/mol. The van der Waals surface area contributed by atoms with Crippen LogP contribution in [-0.2, 0) is 24.1 Å². The quantitative estimate of drug-likeness (QED) is 0.727. The fourth-order valence-corrected chi connectivity index (χ4v) is 2.26. The second kappa shape index (κ2) is 8.19. The number of rotatable bonds is 3. The van der Waals surface area contributed by atoms with Gasteiger partial charge in [0.1, 0.15) is 0 Å². The SMILES string of the molecule is CC1=CCC(c2ccccc2C(C)[O][Ti])=C1.Cl.Cl. The maximum atomic E-state index is 5.42. The molecule has 1 aliphatic carbocycles. The molecule has 0 amide bonds. The summed E-state index contributed by atoms with van der Waals surface area (Å²) in [5.41, 5.74) is 5.36. The van der Waals surface area contributed by atoms with E-state index < -0.39 is 0 Å². The topological polar surface area (TPSA) is 9.23 Å². The Morgan fingerprint density at radius 2 is 1.89 bits per heavy atom. The predicted octanol–water partition coefficient (Wildman–Crippen LogP) is 4.80. The first-order valence-corrected chi connectivity index (χ1v) is 6.15. The first-order valence-electron chi connectivity index (χ1n) is 5.51. The van der Waals surface area contributed by atoms with E-state index in [2.05, 4.69) is 50.3 Å². The Bertz CT molecular complexity index is 455. The Hall–Kier alpha value is -0.0457. The molecule has 1 aliphatic rings. The van der Waals surface area contributed by atoms with Gasteiger partial charge in [-0.1, -0.05) is 0 Å². The molecular formula is C14H17Cl2OTi. The van der Waals surface area contributed by atoms with Crippen molar-refractivity contribution in [3.8, 4) is 0 Å². The van der Waals surface area contributed by atoms with Gasteiger partial charge in [-0.25, -0.2) is 0 Å². The Morgan fingerprint density at radius 3 is 2.44 bits per heavy atom. The van der Waals surface area contributed by atoms with Crippen molar-refractivity contribution in [1.29, 1.82) is 0 Å². The van der Waals surface area contributed by atoms with Crippen molar-refractivity contribution < 1.29 is 24.1 Å². The molecule has 0 fully saturated rings. The van der Waals surface area contributed by atoms with E-state index in [0.717, 1.165) is 6.42 Å². The maximum Gasteiger partial charge on any atom is -0.147 e. The molecule has 1 nitrogen and oxygen atoms in total. The average molecular weight is 320 g/mol. The van der Waals surface area contributed by atoms with Crippen LogP contribution >= 0.6 is 24.8 Å². The molecule has 2 rings (SSSR count). The minimum Gasteiger partial charge on any atom is -0.147 e. The standard InChI is InChI=1S/C14H15O.2ClH.Ti/c1-10-7-8-12(9-10)14-6-4-3-5-13(14)11(2)15;;;/h3-7,9,11H,8H2,1-2H3;2*1H;/q-1;;;+1. The van der Waals surface area contributed by atoms with Crippen molar-refractivity contribution in [1.82, 2.24) is 0 Å². The van der Waals surface area contributed by atoms with Crippen LogP contribution in [0.15, 0.2) is 42.0 Å². The molecule has 97 valence electrons. The molecule has 1 atom stereocenters. The molecule has 18 heavy (non-hydrogen) atoms. The zero-order valence-corrected chi connectivity index (χ0v) is 13.7. The van der Waals surface area contributed by atoms with E-state index in [1.165, 1.54) is 22.3 Å². The van der Waals surface area contributed by atoms with Gasteiger partial charge < -0.3 is 0 Å². The second-order valence-electron chi connectivity index (χ2n) is 4.17. The van der Waals surface area contributed by atoms with Crippen molar-refractivity contribution >= 4 is 30.4 Å². The van der Waals surface area contributed by atoms with E-state index in [1.54, 1.807) is 20.8 Å². The maximum absolute atomic E-state index is 5.42. The molecule has 0 bridgehead atoms. The largest absolute Gasteiger partial charge is 0.147 e. The first kappa shape index (κ1) is 18.0. The number of halogens is 2. The molecular weight excluding hydrogens is 303 g/mol. The summed E-state index contributed by atoms with van der Waals surface area (Å²) in [7, 11) is 0. The van der Waals surface area contributed by atoms with Crippen molar-refractivity contribution in [2.45, 2.75) is 26.4 Å². The minimum absolute atomic E-state index is 0. The summed E-state index contributed by atoms with van der Waals surface area (Å²) in [5, 5.41) is 0. The van der Waals surface area contributed by atoms with Gasteiger partial charge in [-0.05, 0) is 0 Å². The van der Waals surface area contributed by atoms with Crippen molar-refractivity contribution in [2.24, 2.45) is 0 Å². The molecule has 0 saturated carbocycles. The van der Waals surface area contributed by atoms with Crippen LogP contribution in [0.5, 0.6) is 0 Å². The van der Waals surface area contributed by atoms with Crippen molar-refractivity contribution in [2.75, 3.05) is 0 Å². The normalized spacial score (nSPS) is 14.9. The summed E-state index contributed by atoms with van der Waals surface area (Å²) in [4.78, 5) is 0. The molecule has 1 unspecified atom stereocenters. The third-order valence-corrected chi connectivity index (χ3v) is 3.52. The molecule has 0 heterocycles. The summed E-state index contributed by atoms with van der Waals surface area (Å²) >= 11 is 1.76. The van der Waals surface area contributed by atoms with Crippen LogP contribution in [-0.4, -0.2) is 0 Å². The molecule has 0 aromatic heterocycles. The summed E-state index contributed by atoms with van der Waals surface area (Å²) in [5.74, 6) is 0. The second-order valence-corrected chi connectivity index (χ2v) is 4.54. The van der Waals surface area contributed by atoms with Gasteiger partial charge in [0, 0.05) is 0 Å². The molecule has 0 spiro atoms. The van der Waals surface area contributed by atoms with Crippen LogP contribution in [0.4, 0.5) is 0 Å². The van der Waals surface area contributed by atoms with Gasteiger partial charge >= 0.3 is 109 Å². The Balaban J connectivity index is 0.00000144. The summed E-state index contributed by atoms with van der Waals surface area (Å²) < 4.78 is 5.42. The fraction of sp³-hybridized carbons (Fsp3) is 0.286. The van der Waals surface area contributed by atoms with Crippen LogP contribution < -0.4 is 0 Å². The van der Waals surface area contributed by atoms with E-state index in [0.29, 0.717) is 0 Å². The van der Waals surface area contributed by atoms with Crippen LogP contribution in [0, 0.1) is 0 Å². The van der Waals surface area contributed by atoms with Gasteiger partial charge in [-0.3, -0.25) is 0 Å². The monoisotopic (exact) mass is 319 g/mol. The van der Waals surface area contributed by atoms with Gasteiger partial charge in [-0.15, -0.1) is 24.8 Å². The Labute approximate surface area is 133 Å². The van der Waals surface area contributed by atoms with Crippen molar-refractivity contribution in [3.05, 3.63) is 53.1 Å². The van der Waals surface area contributed by atoms with Crippen LogP contribution in [0.3, 0.4) is 0 Å². The molecule has 1 aromatic rings. The molecule has 0 saturated heterocycles.